The number of hydrogen-bond acceptors (Lipinski definition) is 2. The molecule has 4 rings (SSSR count). The van der Waals surface area contributed by atoms with E-state index in [1.807, 2.05) is 0 Å². The first-order valence-corrected chi connectivity index (χ1v) is 9.74. The Labute approximate surface area is 170 Å². The second kappa shape index (κ2) is 8.16. The average molecular weight is 379 g/mol. The summed E-state index contributed by atoms with van der Waals surface area (Å²) in [6.07, 6.45) is 5.07. The molecule has 0 N–H and O–H groups in total. The van der Waals surface area contributed by atoms with Crippen LogP contribution >= 0.6 is 0 Å². The van der Waals surface area contributed by atoms with Crippen LogP contribution in [0.15, 0.2) is 96.6 Å². The molecule has 0 bridgehead atoms. The lowest BCUT2D eigenvalue weighted by molar-refractivity contribution is -0.384. The van der Waals surface area contributed by atoms with Crippen molar-refractivity contribution in [3.63, 3.8) is 0 Å². The molecule has 1 aliphatic carbocycles. The number of nitro groups is 1. The second-order valence-corrected chi connectivity index (χ2v) is 7.30. The van der Waals surface area contributed by atoms with Gasteiger partial charge in [-0.3, -0.25) is 10.1 Å². The van der Waals surface area contributed by atoms with Crippen LogP contribution in [0.3, 0.4) is 0 Å². The Hall–Kier alpha value is -3.64. The quantitative estimate of drug-likeness (QED) is 0.316. The van der Waals surface area contributed by atoms with E-state index in [0.717, 1.165) is 30.4 Å². The number of allylic oxidation sites excluding steroid dienone is 2. The largest absolute Gasteiger partial charge is 0.269 e. The summed E-state index contributed by atoms with van der Waals surface area (Å²) in [6.45, 7) is 0. The highest BCUT2D eigenvalue weighted by Crippen LogP contribution is 2.44. The zero-order valence-electron chi connectivity index (χ0n) is 16.0. The molecular formula is C26H21NO2. The molecule has 0 radical (unpaired) electrons. The van der Waals surface area contributed by atoms with Gasteiger partial charge in [-0.2, -0.15) is 0 Å². The first kappa shape index (κ1) is 18.7. The summed E-state index contributed by atoms with van der Waals surface area (Å²) in [5.74, 6) is 6.42. The predicted molar refractivity (Wildman–Crippen MR) is 116 cm³/mol. The highest BCUT2D eigenvalue weighted by molar-refractivity contribution is 5.47. The van der Waals surface area contributed by atoms with Crippen LogP contribution in [0.2, 0.25) is 0 Å². The maximum atomic E-state index is 10.8. The van der Waals surface area contributed by atoms with E-state index in [-0.39, 0.29) is 11.1 Å². The summed E-state index contributed by atoms with van der Waals surface area (Å²) in [6, 6.07) is 27.8. The Balaban J connectivity index is 1.60. The van der Waals surface area contributed by atoms with Gasteiger partial charge in [-0.25, -0.2) is 0 Å². The molecule has 1 aliphatic rings. The van der Waals surface area contributed by atoms with E-state index in [9.17, 15) is 10.1 Å². The Bertz CT molecular complexity index is 1050. The average Bonchev–Trinajstić information content (AvgIpc) is 2.79. The van der Waals surface area contributed by atoms with Gasteiger partial charge in [0.25, 0.3) is 5.69 Å². The molecule has 0 saturated heterocycles. The van der Waals surface area contributed by atoms with E-state index >= 15 is 0 Å². The monoisotopic (exact) mass is 379 g/mol. The molecule has 0 saturated carbocycles. The highest BCUT2D eigenvalue weighted by Gasteiger charge is 2.35. The number of rotatable bonds is 3. The Morgan fingerprint density at radius 2 is 1.38 bits per heavy atom. The standard InChI is InChI=1S/C26H21NO2/c28-27(29)25-15-13-21(14-16-25)11-12-22-17-19-26(20-18-22,23-7-3-1-4-8-23)24-9-5-2-6-10-24/h1-10,13-17H,18-20H2. The maximum Gasteiger partial charge on any atom is 0.269 e. The summed E-state index contributed by atoms with van der Waals surface area (Å²) in [5.41, 5.74) is 4.66. The van der Waals surface area contributed by atoms with Crippen LogP contribution in [0, 0.1) is 22.0 Å². The van der Waals surface area contributed by atoms with Gasteiger partial charge in [-0.1, -0.05) is 78.6 Å². The Morgan fingerprint density at radius 1 is 0.793 bits per heavy atom. The molecule has 0 spiro atoms. The van der Waals surface area contributed by atoms with Crippen LogP contribution < -0.4 is 0 Å². The summed E-state index contributed by atoms with van der Waals surface area (Å²) in [7, 11) is 0. The van der Waals surface area contributed by atoms with E-state index in [1.54, 1.807) is 12.1 Å². The van der Waals surface area contributed by atoms with Crippen LogP contribution in [0.4, 0.5) is 5.69 Å². The van der Waals surface area contributed by atoms with Crippen molar-refractivity contribution >= 4 is 5.69 Å². The van der Waals surface area contributed by atoms with E-state index in [2.05, 4.69) is 78.6 Å². The molecule has 0 amide bonds. The van der Waals surface area contributed by atoms with Crippen molar-refractivity contribution in [2.45, 2.75) is 24.7 Å². The molecule has 142 valence electrons. The number of non-ortho nitro benzene ring substituents is 1. The lowest BCUT2D eigenvalue weighted by Crippen LogP contribution is -2.29. The van der Waals surface area contributed by atoms with Crippen LogP contribution in [-0.2, 0) is 5.41 Å². The third kappa shape index (κ3) is 3.97. The Morgan fingerprint density at radius 3 is 1.86 bits per heavy atom. The molecule has 0 aliphatic heterocycles. The number of nitro benzene ring substituents is 1. The van der Waals surface area contributed by atoms with Crippen LogP contribution in [0.25, 0.3) is 0 Å². The minimum atomic E-state index is -0.395. The first-order valence-electron chi connectivity index (χ1n) is 9.74. The Kier molecular flexibility index (Phi) is 5.27. The zero-order chi connectivity index (χ0) is 20.1. The van der Waals surface area contributed by atoms with Gasteiger partial charge in [0.15, 0.2) is 0 Å². The molecule has 29 heavy (non-hydrogen) atoms. The van der Waals surface area contributed by atoms with E-state index in [4.69, 9.17) is 0 Å². The lowest BCUT2D eigenvalue weighted by Gasteiger charge is -2.37. The molecule has 3 heteroatoms. The van der Waals surface area contributed by atoms with Crippen molar-refractivity contribution in [3.8, 4) is 11.8 Å². The molecule has 3 nitrogen and oxygen atoms in total. The maximum absolute atomic E-state index is 10.8. The second-order valence-electron chi connectivity index (χ2n) is 7.30. The first-order chi connectivity index (χ1) is 14.2. The normalized spacial score (nSPS) is 15.0. The molecule has 0 heterocycles. The van der Waals surface area contributed by atoms with Gasteiger partial charge in [0.05, 0.1) is 4.92 Å². The number of nitrogens with zero attached hydrogens (tertiary/aromatic N) is 1. The van der Waals surface area contributed by atoms with Gasteiger partial charge in [-0.05, 0) is 48.1 Å². The summed E-state index contributed by atoms with van der Waals surface area (Å²) in [5, 5.41) is 10.8. The van der Waals surface area contributed by atoms with Gasteiger partial charge in [0.2, 0.25) is 0 Å². The van der Waals surface area contributed by atoms with Crippen molar-refractivity contribution in [2.24, 2.45) is 0 Å². The van der Waals surface area contributed by atoms with Gasteiger partial charge in [0.1, 0.15) is 0 Å². The minimum Gasteiger partial charge on any atom is -0.258 e. The lowest BCUT2D eigenvalue weighted by atomic mass is 9.66. The fourth-order valence-corrected chi connectivity index (χ4v) is 3.99. The third-order valence-electron chi connectivity index (χ3n) is 5.62. The van der Waals surface area contributed by atoms with E-state index in [0.29, 0.717) is 0 Å². The fraction of sp³-hybridized carbons (Fsp3) is 0.154. The topological polar surface area (TPSA) is 43.1 Å². The van der Waals surface area contributed by atoms with Crippen molar-refractivity contribution < 1.29 is 4.92 Å². The molecule has 0 fully saturated rings. The van der Waals surface area contributed by atoms with Crippen LogP contribution in [0.5, 0.6) is 0 Å². The zero-order valence-corrected chi connectivity index (χ0v) is 16.0. The molecule has 0 unspecified atom stereocenters. The minimum absolute atomic E-state index is 0.0267. The SMILES string of the molecule is O=[N+]([O-])c1ccc(C#CC2=CCC(c3ccccc3)(c3ccccc3)CC2)cc1. The molecule has 0 aromatic heterocycles. The van der Waals surface area contributed by atoms with Gasteiger partial charge in [-0.15, -0.1) is 0 Å². The molecule has 0 atom stereocenters. The highest BCUT2D eigenvalue weighted by atomic mass is 16.6. The van der Waals surface area contributed by atoms with Gasteiger partial charge in [0, 0.05) is 23.1 Å². The van der Waals surface area contributed by atoms with Gasteiger partial charge < -0.3 is 0 Å². The summed E-state index contributed by atoms with van der Waals surface area (Å²) in [4.78, 5) is 10.4. The smallest absolute Gasteiger partial charge is 0.258 e. The van der Waals surface area contributed by atoms with Crippen molar-refractivity contribution in [3.05, 3.63) is 123 Å². The number of hydrogen-bond donors (Lipinski definition) is 0. The van der Waals surface area contributed by atoms with Crippen molar-refractivity contribution in [2.75, 3.05) is 0 Å². The summed E-state index contributed by atoms with van der Waals surface area (Å²) >= 11 is 0. The number of benzene rings is 3. The van der Waals surface area contributed by atoms with E-state index in [1.165, 1.54) is 23.3 Å². The molecular weight excluding hydrogens is 358 g/mol. The van der Waals surface area contributed by atoms with Crippen LogP contribution in [0.1, 0.15) is 36.0 Å². The third-order valence-corrected chi connectivity index (χ3v) is 5.62. The predicted octanol–water partition coefficient (Wildman–Crippen LogP) is 6.04. The molecule has 3 aromatic carbocycles. The van der Waals surface area contributed by atoms with E-state index < -0.39 is 4.92 Å². The fourth-order valence-electron chi connectivity index (χ4n) is 3.99. The molecule has 3 aromatic rings. The summed E-state index contributed by atoms with van der Waals surface area (Å²) < 4.78 is 0. The van der Waals surface area contributed by atoms with Crippen LogP contribution in [-0.4, -0.2) is 4.92 Å². The van der Waals surface area contributed by atoms with Crippen molar-refractivity contribution in [1.29, 1.82) is 0 Å². The van der Waals surface area contributed by atoms with Gasteiger partial charge >= 0.3 is 0 Å². The van der Waals surface area contributed by atoms with Crippen molar-refractivity contribution in [1.82, 2.24) is 0 Å².